The van der Waals surface area contributed by atoms with Crippen LogP contribution in [0.2, 0.25) is 0 Å². The van der Waals surface area contributed by atoms with E-state index in [0.29, 0.717) is 0 Å². The lowest BCUT2D eigenvalue weighted by atomic mass is 10.0. The number of nitrogens with zero attached hydrogens (tertiary/aromatic N) is 1. The molecule has 21 heavy (non-hydrogen) atoms. The first kappa shape index (κ1) is 14.9. The van der Waals surface area contributed by atoms with E-state index in [-0.39, 0.29) is 5.54 Å². The summed E-state index contributed by atoms with van der Waals surface area (Å²) in [5, 5.41) is 3.66. The van der Waals surface area contributed by atoms with Gasteiger partial charge in [0, 0.05) is 34.4 Å². The quantitative estimate of drug-likeness (QED) is 0.772. The number of nitrogens with one attached hydrogen (secondary N) is 1. The van der Waals surface area contributed by atoms with Gasteiger partial charge in [-0.3, -0.25) is 0 Å². The molecule has 0 radical (unpaired) electrons. The van der Waals surface area contributed by atoms with Crippen LogP contribution in [0.3, 0.4) is 0 Å². The molecule has 110 valence electrons. The van der Waals surface area contributed by atoms with Gasteiger partial charge in [-0.2, -0.15) is 0 Å². The van der Waals surface area contributed by atoms with Gasteiger partial charge in [0.2, 0.25) is 0 Å². The van der Waals surface area contributed by atoms with Crippen LogP contribution in [0.5, 0.6) is 0 Å². The fraction of sp³-hybridized carbons (Fsp3) is 0.333. The van der Waals surface area contributed by atoms with Crippen LogP contribution in [-0.4, -0.2) is 12.1 Å². The first-order valence-electron chi connectivity index (χ1n) is 7.36. The van der Waals surface area contributed by atoms with Crippen LogP contribution >= 0.6 is 22.6 Å². The molecule has 0 atom stereocenters. The molecule has 1 N–H and O–H groups in total. The van der Waals surface area contributed by atoms with Crippen molar-refractivity contribution in [1.29, 1.82) is 0 Å². The maximum absolute atomic E-state index is 3.66. The summed E-state index contributed by atoms with van der Waals surface area (Å²) in [4.78, 5) is 2.50. The first-order chi connectivity index (χ1) is 10.0. The van der Waals surface area contributed by atoms with Crippen molar-refractivity contribution in [3.8, 4) is 0 Å². The lowest BCUT2D eigenvalue weighted by molar-refractivity contribution is 0.395. The molecule has 2 aromatic carbocycles. The largest absolute Gasteiger partial charge is 0.365 e. The maximum Gasteiger partial charge on any atom is 0.0430 e. The van der Waals surface area contributed by atoms with Gasteiger partial charge in [0.25, 0.3) is 0 Å². The Kier molecular flexibility index (Phi) is 4.22. The van der Waals surface area contributed by atoms with Gasteiger partial charge in [-0.05, 0) is 65.8 Å². The van der Waals surface area contributed by atoms with Gasteiger partial charge in [0.15, 0.2) is 0 Å². The normalized spacial score (nSPS) is 17.2. The van der Waals surface area contributed by atoms with E-state index < -0.39 is 0 Å². The number of halogens is 1. The molecule has 0 aromatic heterocycles. The van der Waals surface area contributed by atoms with Crippen LogP contribution in [0.1, 0.15) is 25.0 Å². The molecule has 3 heteroatoms. The van der Waals surface area contributed by atoms with Crippen molar-refractivity contribution in [3.05, 3.63) is 63.2 Å². The fourth-order valence-electron chi connectivity index (χ4n) is 2.87. The Hall–Kier alpha value is -1.07. The van der Waals surface area contributed by atoms with Gasteiger partial charge >= 0.3 is 0 Å². The third kappa shape index (κ3) is 3.58. The highest BCUT2D eigenvalue weighted by molar-refractivity contribution is 14.1. The van der Waals surface area contributed by atoms with E-state index in [0.717, 1.165) is 19.6 Å². The molecule has 2 nitrogen and oxygen atoms in total. The van der Waals surface area contributed by atoms with Crippen molar-refractivity contribution >= 4 is 28.3 Å². The third-order valence-corrected chi connectivity index (χ3v) is 4.68. The summed E-state index contributed by atoms with van der Waals surface area (Å²) in [5.74, 6) is 0. The Balaban J connectivity index is 1.92. The third-order valence-electron chi connectivity index (χ3n) is 3.96. The minimum Gasteiger partial charge on any atom is -0.365 e. The van der Waals surface area contributed by atoms with E-state index >= 15 is 0 Å². The molecule has 0 fully saturated rings. The zero-order chi connectivity index (χ0) is 14.9. The summed E-state index contributed by atoms with van der Waals surface area (Å²) < 4.78 is 1.29. The number of hydrogen-bond donors (Lipinski definition) is 1. The van der Waals surface area contributed by atoms with Crippen LogP contribution in [0.15, 0.2) is 48.5 Å². The Morgan fingerprint density at radius 1 is 1.10 bits per heavy atom. The number of anilines is 1. The van der Waals surface area contributed by atoms with Crippen LogP contribution in [0, 0.1) is 3.57 Å². The van der Waals surface area contributed by atoms with Gasteiger partial charge in [-0.15, -0.1) is 0 Å². The van der Waals surface area contributed by atoms with Crippen molar-refractivity contribution in [3.63, 3.8) is 0 Å². The van der Waals surface area contributed by atoms with Crippen molar-refractivity contribution < 1.29 is 0 Å². The molecule has 0 bridgehead atoms. The summed E-state index contributed by atoms with van der Waals surface area (Å²) in [7, 11) is 0. The molecule has 0 spiro atoms. The van der Waals surface area contributed by atoms with Crippen molar-refractivity contribution in [1.82, 2.24) is 5.32 Å². The monoisotopic (exact) mass is 392 g/mol. The summed E-state index contributed by atoms with van der Waals surface area (Å²) >= 11 is 2.36. The molecule has 3 rings (SSSR count). The van der Waals surface area contributed by atoms with Gasteiger partial charge in [0.05, 0.1) is 0 Å². The van der Waals surface area contributed by atoms with Crippen LogP contribution in [-0.2, 0) is 13.1 Å². The lowest BCUT2D eigenvalue weighted by Crippen LogP contribution is -2.46. The number of para-hydroxylation sites is 1. The van der Waals surface area contributed by atoms with E-state index in [9.17, 15) is 0 Å². The zero-order valence-electron chi connectivity index (χ0n) is 12.6. The van der Waals surface area contributed by atoms with Gasteiger partial charge in [-0.25, -0.2) is 0 Å². The minimum absolute atomic E-state index is 0.113. The molecule has 1 aliphatic heterocycles. The molecule has 0 aliphatic carbocycles. The molecule has 1 heterocycles. The van der Waals surface area contributed by atoms with E-state index in [1.165, 1.54) is 20.4 Å². The first-order valence-corrected chi connectivity index (χ1v) is 8.44. The second kappa shape index (κ2) is 5.97. The topological polar surface area (TPSA) is 15.3 Å². The Morgan fingerprint density at radius 2 is 1.81 bits per heavy atom. The Bertz CT molecular complexity index is 619. The predicted molar refractivity (Wildman–Crippen MR) is 97.6 cm³/mol. The summed E-state index contributed by atoms with van der Waals surface area (Å²) in [6, 6.07) is 17.6. The van der Waals surface area contributed by atoms with Crippen molar-refractivity contribution in [2.45, 2.75) is 32.5 Å². The minimum atomic E-state index is 0.113. The van der Waals surface area contributed by atoms with Crippen LogP contribution in [0.4, 0.5) is 5.69 Å². The molecule has 0 unspecified atom stereocenters. The lowest BCUT2D eigenvalue weighted by Gasteiger charge is -2.32. The predicted octanol–water partition coefficient (Wildman–Crippen LogP) is 4.18. The molecular formula is C18H21IN2. The van der Waals surface area contributed by atoms with Crippen LogP contribution < -0.4 is 10.2 Å². The van der Waals surface area contributed by atoms with Gasteiger partial charge in [0.1, 0.15) is 0 Å². The van der Waals surface area contributed by atoms with Gasteiger partial charge < -0.3 is 10.2 Å². The molecule has 1 aliphatic rings. The molecular weight excluding hydrogens is 371 g/mol. The summed E-state index contributed by atoms with van der Waals surface area (Å²) in [6.07, 6.45) is 0. The van der Waals surface area contributed by atoms with E-state index in [4.69, 9.17) is 0 Å². The average molecular weight is 392 g/mol. The van der Waals surface area contributed by atoms with E-state index in [1.54, 1.807) is 0 Å². The second-order valence-electron chi connectivity index (χ2n) is 6.35. The maximum atomic E-state index is 3.66. The molecule has 0 amide bonds. The van der Waals surface area contributed by atoms with Crippen LogP contribution in [0.25, 0.3) is 0 Å². The summed E-state index contributed by atoms with van der Waals surface area (Å²) in [5.41, 5.74) is 4.22. The second-order valence-corrected chi connectivity index (χ2v) is 7.59. The van der Waals surface area contributed by atoms with Crippen molar-refractivity contribution in [2.75, 3.05) is 11.4 Å². The molecule has 0 saturated carbocycles. The fourth-order valence-corrected chi connectivity index (χ4v) is 3.23. The highest BCUT2D eigenvalue weighted by Gasteiger charge is 2.26. The van der Waals surface area contributed by atoms with Crippen molar-refractivity contribution in [2.24, 2.45) is 0 Å². The highest BCUT2D eigenvalue weighted by atomic mass is 127. The highest BCUT2D eigenvalue weighted by Crippen LogP contribution is 2.27. The molecule has 2 aromatic rings. The average Bonchev–Trinajstić information content (AvgIpc) is 2.59. The van der Waals surface area contributed by atoms with E-state index in [1.807, 2.05) is 0 Å². The number of rotatable bonds is 2. The number of fused-ring (bicyclic) bond motifs is 1. The standard InChI is InChI=1S/C18H21IN2/c1-18(2)13-21(12-14-7-9-16(19)10-8-14)17-6-4-3-5-15(17)11-20-18/h3-10,20H,11-13H2,1-2H3. The Morgan fingerprint density at radius 3 is 2.57 bits per heavy atom. The summed E-state index contributed by atoms with van der Waals surface area (Å²) in [6.45, 7) is 7.46. The Labute approximate surface area is 140 Å². The smallest absolute Gasteiger partial charge is 0.0430 e. The number of hydrogen-bond acceptors (Lipinski definition) is 2. The van der Waals surface area contributed by atoms with Gasteiger partial charge in [-0.1, -0.05) is 30.3 Å². The zero-order valence-corrected chi connectivity index (χ0v) is 14.7. The number of benzene rings is 2. The van der Waals surface area contributed by atoms with E-state index in [2.05, 4.69) is 95.2 Å². The molecule has 0 saturated heterocycles. The SMILES string of the molecule is CC1(C)CN(Cc2ccc(I)cc2)c2ccccc2CN1.